The molecule has 0 aliphatic heterocycles. The van der Waals surface area contributed by atoms with E-state index in [1.54, 1.807) is 24.3 Å². The van der Waals surface area contributed by atoms with Crippen LogP contribution in [0.3, 0.4) is 0 Å². The molecule has 0 radical (unpaired) electrons. The van der Waals surface area contributed by atoms with Gasteiger partial charge in [-0.25, -0.2) is 4.98 Å². The second-order valence-electron chi connectivity index (χ2n) is 4.51. The summed E-state index contributed by atoms with van der Waals surface area (Å²) in [7, 11) is 0. The molecule has 0 atom stereocenters. The number of amides is 1. The van der Waals surface area contributed by atoms with Crippen molar-refractivity contribution < 1.29 is 13.9 Å². The minimum atomic E-state index is -0.585. The zero-order valence-corrected chi connectivity index (χ0v) is 11.3. The summed E-state index contributed by atoms with van der Waals surface area (Å²) in [6.07, 6.45) is 1.35. The summed E-state index contributed by atoms with van der Waals surface area (Å²) in [6.45, 7) is 3.87. The lowest BCUT2D eigenvalue weighted by molar-refractivity contribution is 0.102. The largest absolute Gasteiger partial charge is 0.491 e. The number of nitrogens with one attached hydrogen (secondary N) is 1. The van der Waals surface area contributed by atoms with E-state index in [0.717, 1.165) is 0 Å². The molecule has 0 saturated heterocycles. The van der Waals surface area contributed by atoms with Crippen molar-refractivity contribution in [1.82, 2.24) is 4.98 Å². The van der Waals surface area contributed by atoms with Crippen LogP contribution in [0.15, 0.2) is 42.6 Å². The van der Waals surface area contributed by atoms with Crippen molar-refractivity contribution in [1.29, 1.82) is 0 Å². The van der Waals surface area contributed by atoms with Gasteiger partial charge in [0.15, 0.2) is 0 Å². The van der Waals surface area contributed by atoms with Gasteiger partial charge < -0.3 is 10.1 Å². The Morgan fingerprint density at radius 3 is 2.45 bits per heavy atom. The summed E-state index contributed by atoms with van der Waals surface area (Å²) in [5, 5.41) is 2.64. The smallest absolute Gasteiger partial charge is 0.255 e. The van der Waals surface area contributed by atoms with Crippen LogP contribution in [0.25, 0.3) is 0 Å². The van der Waals surface area contributed by atoms with Crippen molar-refractivity contribution in [2.45, 2.75) is 20.0 Å². The highest BCUT2D eigenvalue weighted by Gasteiger charge is 2.07. The molecule has 0 aliphatic carbocycles. The molecule has 4 nitrogen and oxygen atoms in total. The fourth-order valence-corrected chi connectivity index (χ4v) is 1.61. The van der Waals surface area contributed by atoms with E-state index in [1.165, 1.54) is 18.3 Å². The lowest BCUT2D eigenvalue weighted by Crippen LogP contribution is -2.12. The van der Waals surface area contributed by atoms with Gasteiger partial charge >= 0.3 is 0 Å². The number of nitrogens with zero attached hydrogens (tertiary/aromatic N) is 1. The van der Waals surface area contributed by atoms with Gasteiger partial charge in [0.1, 0.15) is 5.75 Å². The number of halogens is 1. The molecule has 5 heteroatoms. The lowest BCUT2D eigenvalue weighted by Gasteiger charge is -2.10. The number of ether oxygens (including phenoxy) is 1. The first-order valence-corrected chi connectivity index (χ1v) is 6.24. The third kappa shape index (κ3) is 3.78. The molecular formula is C15H15FN2O2. The molecule has 104 valence electrons. The van der Waals surface area contributed by atoms with Crippen molar-refractivity contribution in [3.8, 4) is 5.75 Å². The van der Waals surface area contributed by atoms with E-state index in [0.29, 0.717) is 17.0 Å². The number of aromatic nitrogens is 1. The Labute approximate surface area is 116 Å². The van der Waals surface area contributed by atoms with E-state index >= 15 is 0 Å². The molecule has 1 N–H and O–H groups in total. The maximum Gasteiger partial charge on any atom is 0.255 e. The number of anilines is 1. The number of hydrogen-bond donors (Lipinski definition) is 1. The molecule has 1 aromatic heterocycles. The maximum atomic E-state index is 12.7. The Hall–Kier alpha value is -2.43. The Balaban J connectivity index is 2.03. The zero-order valence-electron chi connectivity index (χ0n) is 11.3. The predicted molar refractivity (Wildman–Crippen MR) is 74.4 cm³/mol. The van der Waals surface area contributed by atoms with E-state index in [2.05, 4.69) is 10.3 Å². The van der Waals surface area contributed by atoms with Crippen molar-refractivity contribution in [3.63, 3.8) is 0 Å². The van der Waals surface area contributed by atoms with Crippen molar-refractivity contribution >= 4 is 11.6 Å². The number of carbonyl (C=O) groups is 1. The summed E-state index contributed by atoms with van der Waals surface area (Å²) in [5.74, 6) is -0.160. The molecule has 0 unspecified atom stereocenters. The molecule has 20 heavy (non-hydrogen) atoms. The summed E-state index contributed by atoms with van der Waals surface area (Å²) in [5.41, 5.74) is 0.935. The van der Waals surface area contributed by atoms with Gasteiger partial charge in [-0.15, -0.1) is 0 Å². The first-order chi connectivity index (χ1) is 9.54. The molecule has 2 rings (SSSR count). The monoisotopic (exact) mass is 274 g/mol. The average molecular weight is 274 g/mol. The molecule has 1 amide bonds. The average Bonchev–Trinajstić information content (AvgIpc) is 2.41. The molecule has 0 fully saturated rings. The van der Waals surface area contributed by atoms with E-state index < -0.39 is 5.95 Å². The lowest BCUT2D eigenvalue weighted by atomic mass is 10.2. The second kappa shape index (κ2) is 6.14. The highest BCUT2D eigenvalue weighted by atomic mass is 19.1. The van der Waals surface area contributed by atoms with Crippen LogP contribution >= 0.6 is 0 Å². The highest BCUT2D eigenvalue weighted by Crippen LogP contribution is 2.15. The van der Waals surface area contributed by atoms with Gasteiger partial charge in [-0.05, 0) is 50.2 Å². The summed E-state index contributed by atoms with van der Waals surface area (Å²) < 4.78 is 18.2. The molecule has 0 aliphatic rings. The topological polar surface area (TPSA) is 51.2 Å². The molecule has 0 saturated carbocycles. The molecular weight excluding hydrogens is 259 g/mol. The Morgan fingerprint density at radius 1 is 1.20 bits per heavy atom. The standard InChI is InChI=1S/C15H15FN2O2/c1-10(2)20-13-6-3-11(4-7-13)15(19)18-12-5-8-14(16)17-9-12/h3-10H,1-2H3,(H,18,19). The molecule has 0 bridgehead atoms. The van der Waals surface area contributed by atoms with Crippen LogP contribution in [-0.4, -0.2) is 17.0 Å². The van der Waals surface area contributed by atoms with E-state index in [9.17, 15) is 9.18 Å². The number of hydrogen-bond acceptors (Lipinski definition) is 3. The van der Waals surface area contributed by atoms with Gasteiger partial charge in [0.25, 0.3) is 5.91 Å². The minimum absolute atomic E-state index is 0.0833. The van der Waals surface area contributed by atoms with Gasteiger partial charge in [0.2, 0.25) is 5.95 Å². The van der Waals surface area contributed by atoms with Gasteiger partial charge in [0, 0.05) is 5.56 Å². The van der Waals surface area contributed by atoms with Crippen LogP contribution in [0, 0.1) is 5.95 Å². The third-order valence-corrected chi connectivity index (χ3v) is 2.47. The fourth-order valence-electron chi connectivity index (χ4n) is 1.61. The van der Waals surface area contributed by atoms with Crippen LogP contribution in [0.1, 0.15) is 24.2 Å². The SMILES string of the molecule is CC(C)Oc1ccc(C(=O)Nc2ccc(F)nc2)cc1. The van der Waals surface area contributed by atoms with Crippen molar-refractivity contribution in [2.24, 2.45) is 0 Å². The number of carbonyl (C=O) groups excluding carboxylic acids is 1. The quantitative estimate of drug-likeness (QED) is 0.871. The zero-order chi connectivity index (χ0) is 14.5. The van der Waals surface area contributed by atoms with Crippen LogP contribution in [0.4, 0.5) is 10.1 Å². The van der Waals surface area contributed by atoms with Gasteiger partial charge in [-0.2, -0.15) is 4.39 Å². The highest BCUT2D eigenvalue weighted by molar-refractivity contribution is 6.04. The summed E-state index contributed by atoms with van der Waals surface area (Å²) in [4.78, 5) is 15.4. The van der Waals surface area contributed by atoms with Crippen molar-refractivity contribution in [2.75, 3.05) is 5.32 Å². The van der Waals surface area contributed by atoms with Gasteiger partial charge in [-0.3, -0.25) is 4.79 Å². The van der Waals surface area contributed by atoms with Gasteiger partial charge in [0.05, 0.1) is 18.0 Å². The van der Waals surface area contributed by atoms with E-state index in [1.807, 2.05) is 13.8 Å². The summed E-state index contributed by atoms with van der Waals surface area (Å²) in [6, 6.07) is 9.45. The molecule has 2 aromatic rings. The number of pyridine rings is 1. The Kier molecular flexibility index (Phi) is 4.30. The summed E-state index contributed by atoms with van der Waals surface area (Å²) >= 11 is 0. The molecule has 0 spiro atoms. The minimum Gasteiger partial charge on any atom is -0.491 e. The van der Waals surface area contributed by atoms with Crippen LogP contribution < -0.4 is 10.1 Å². The van der Waals surface area contributed by atoms with Gasteiger partial charge in [-0.1, -0.05) is 0 Å². The van der Waals surface area contributed by atoms with Crippen LogP contribution in [-0.2, 0) is 0 Å². The molecule has 1 heterocycles. The third-order valence-electron chi connectivity index (χ3n) is 2.47. The van der Waals surface area contributed by atoms with Crippen molar-refractivity contribution in [3.05, 3.63) is 54.1 Å². The van der Waals surface area contributed by atoms with E-state index in [-0.39, 0.29) is 12.0 Å². The van der Waals surface area contributed by atoms with E-state index in [4.69, 9.17) is 4.74 Å². The maximum absolute atomic E-state index is 12.7. The van der Waals surface area contributed by atoms with Crippen LogP contribution in [0.2, 0.25) is 0 Å². The van der Waals surface area contributed by atoms with Crippen LogP contribution in [0.5, 0.6) is 5.75 Å². The molecule has 1 aromatic carbocycles. The number of rotatable bonds is 4. The normalized spacial score (nSPS) is 10.4. The second-order valence-corrected chi connectivity index (χ2v) is 4.51. The Bertz CT molecular complexity index is 580. The first-order valence-electron chi connectivity index (χ1n) is 6.24. The Morgan fingerprint density at radius 2 is 1.90 bits per heavy atom. The predicted octanol–water partition coefficient (Wildman–Crippen LogP) is 3.26. The fraction of sp³-hybridized carbons (Fsp3) is 0.200. The number of benzene rings is 1. The first kappa shape index (κ1) is 14.0.